The molecular weight excluding hydrogens is 488 g/mol. The molecule has 1 amide bonds. The summed E-state index contributed by atoms with van der Waals surface area (Å²) >= 11 is 7.51. The molecule has 4 aromatic rings. The summed E-state index contributed by atoms with van der Waals surface area (Å²) in [5, 5.41) is 12.0. The highest BCUT2D eigenvalue weighted by Gasteiger charge is 2.48. The third-order valence-electron chi connectivity index (χ3n) is 5.76. The van der Waals surface area contributed by atoms with Crippen LogP contribution in [0.4, 0.5) is 5.13 Å². The normalized spacial score (nSPS) is 17.2. The number of carbonyl (C=O) groups excluding carboxylic acids is 2. The van der Waals surface area contributed by atoms with E-state index in [1.165, 1.54) is 23.3 Å². The molecule has 1 N–H and O–H groups in total. The number of carbonyl (C=O) groups is 2. The molecule has 0 saturated carbocycles. The number of hydrogen-bond acceptors (Lipinski definition) is 7. The Morgan fingerprint density at radius 3 is 2.40 bits per heavy atom. The summed E-state index contributed by atoms with van der Waals surface area (Å²) in [4.78, 5) is 32.6. The summed E-state index contributed by atoms with van der Waals surface area (Å²) in [5.74, 6) is -0.628. The van der Waals surface area contributed by atoms with Crippen LogP contribution in [0.2, 0.25) is 5.02 Å². The number of halogens is 1. The molecule has 7 nitrogen and oxygen atoms in total. The zero-order chi connectivity index (χ0) is 24.7. The Hall–Kier alpha value is -3.88. The van der Waals surface area contributed by atoms with Crippen molar-refractivity contribution >= 4 is 55.7 Å². The van der Waals surface area contributed by atoms with Crippen LogP contribution in [-0.4, -0.2) is 36.0 Å². The van der Waals surface area contributed by atoms with E-state index < -0.39 is 17.7 Å². The number of anilines is 1. The fourth-order valence-corrected chi connectivity index (χ4v) is 5.27. The Bertz CT molecular complexity index is 1500. The molecule has 1 saturated heterocycles. The molecule has 0 spiro atoms. The van der Waals surface area contributed by atoms with Gasteiger partial charge in [-0.25, -0.2) is 4.98 Å². The van der Waals surface area contributed by atoms with Gasteiger partial charge in [0.25, 0.3) is 5.78 Å². The van der Waals surface area contributed by atoms with Gasteiger partial charge in [-0.3, -0.25) is 14.5 Å². The van der Waals surface area contributed by atoms with Crippen LogP contribution < -0.4 is 14.4 Å². The number of Topliss-reactive ketones (excluding diaryl/α,β-unsaturated/α-hetero) is 1. The largest absolute Gasteiger partial charge is 0.507 e. The smallest absolute Gasteiger partial charge is 0.301 e. The number of ether oxygens (including phenoxy) is 2. The number of aromatic nitrogens is 1. The van der Waals surface area contributed by atoms with E-state index in [0.717, 1.165) is 4.70 Å². The van der Waals surface area contributed by atoms with Crippen LogP contribution in [0.5, 0.6) is 11.5 Å². The van der Waals surface area contributed by atoms with E-state index in [-0.39, 0.29) is 11.3 Å². The van der Waals surface area contributed by atoms with E-state index in [9.17, 15) is 14.7 Å². The van der Waals surface area contributed by atoms with Crippen LogP contribution in [0, 0.1) is 0 Å². The van der Waals surface area contributed by atoms with Crippen LogP contribution in [0.15, 0.2) is 72.3 Å². The van der Waals surface area contributed by atoms with E-state index in [2.05, 4.69) is 4.98 Å². The molecule has 1 aliphatic heterocycles. The molecule has 0 bridgehead atoms. The van der Waals surface area contributed by atoms with Gasteiger partial charge in [0.1, 0.15) is 17.3 Å². The zero-order valence-electron chi connectivity index (χ0n) is 18.7. The first-order valence-electron chi connectivity index (χ1n) is 10.6. The average molecular weight is 507 g/mol. The van der Waals surface area contributed by atoms with Crippen molar-refractivity contribution in [1.82, 2.24) is 4.98 Å². The van der Waals surface area contributed by atoms with E-state index in [1.54, 1.807) is 67.8 Å². The number of methoxy groups -OCH3 is 2. The van der Waals surface area contributed by atoms with Crippen LogP contribution in [0.1, 0.15) is 17.2 Å². The summed E-state index contributed by atoms with van der Waals surface area (Å²) in [6.45, 7) is 0. The predicted octanol–water partition coefficient (Wildman–Crippen LogP) is 5.59. The van der Waals surface area contributed by atoms with Crippen molar-refractivity contribution in [2.75, 3.05) is 19.1 Å². The number of ketones is 1. The number of nitrogens with zero attached hydrogens (tertiary/aromatic N) is 2. The number of fused-ring (bicyclic) bond motifs is 1. The highest BCUT2D eigenvalue weighted by molar-refractivity contribution is 7.22. The monoisotopic (exact) mass is 506 g/mol. The van der Waals surface area contributed by atoms with Gasteiger partial charge in [-0.2, -0.15) is 0 Å². The number of hydrogen-bond donors (Lipinski definition) is 1. The Balaban J connectivity index is 1.70. The van der Waals surface area contributed by atoms with Crippen molar-refractivity contribution < 1.29 is 24.2 Å². The zero-order valence-corrected chi connectivity index (χ0v) is 20.3. The lowest BCUT2D eigenvalue weighted by atomic mass is 9.95. The van der Waals surface area contributed by atoms with Crippen molar-refractivity contribution in [2.45, 2.75) is 6.04 Å². The maximum Gasteiger partial charge on any atom is 0.301 e. The molecule has 176 valence electrons. The van der Waals surface area contributed by atoms with E-state index in [1.807, 2.05) is 6.07 Å². The van der Waals surface area contributed by atoms with Gasteiger partial charge in [-0.05, 0) is 60.2 Å². The second-order valence-electron chi connectivity index (χ2n) is 7.78. The molecule has 0 aliphatic carbocycles. The summed E-state index contributed by atoms with van der Waals surface area (Å²) < 4.78 is 11.3. The first-order valence-corrected chi connectivity index (χ1v) is 11.8. The molecule has 9 heteroatoms. The lowest BCUT2D eigenvalue weighted by Gasteiger charge is -2.23. The summed E-state index contributed by atoms with van der Waals surface area (Å²) in [7, 11) is 3.10. The Morgan fingerprint density at radius 2 is 1.71 bits per heavy atom. The lowest BCUT2D eigenvalue weighted by Crippen LogP contribution is -2.29. The maximum absolute atomic E-state index is 13.3. The van der Waals surface area contributed by atoms with E-state index in [4.69, 9.17) is 21.1 Å². The van der Waals surface area contributed by atoms with Gasteiger partial charge in [-0.1, -0.05) is 35.1 Å². The third kappa shape index (κ3) is 4.00. The molecule has 5 rings (SSSR count). The second kappa shape index (κ2) is 9.05. The van der Waals surface area contributed by atoms with Gasteiger partial charge in [0.05, 0.1) is 36.1 Å². The molecule has 1 aliphatic rings. The van der Waals surface area contributed by atoms with Gasteiger partial charge >= 0.3 is 5.91 Å². The highest BCUT2D eigenvalue weighted by atomic mass is 35.5. The molecular formula is C26H19ClN2O5S. The second-order valence-corrected chi connectivity index (χ2v) is 9.23. The average Bonchev–Trinajstić information content (AvgIpc) is 3.41. The summed E-state index contributed by atoms with van der Waals surface area (Å²) in [6.07, 6.45) is 0. The molecule has 1 aromatic heterocycles. The quantitative estimate of drug-likeness (QED) is 0.215. The minimum atomic E-state index is -0.918. The maximum atomic E-state index is 13.3. The van der Waals surface area contributed by atoms with Gasteiger partial charge in [0.15, 0.2) is 5.13 Å². The summed E-state index contributed by atoms with van der Waals surface area (Å²) in [5.41, 5.74) is 1.57. The first kappa shape index (κ1) is 22.9. The van der Waals surface area contributed by atoms with Crippen molar-refractivity contribution in [2.24, 2.45) is 0 Å². The van der Waals surface area contributed by atoms with Crippen LogP contribution in [0.3, 0.4) is 0 Å². The van der Waals surface area contributed by atoms with Gasteiger partial charge in [0, 0.05) is 10.6 Å². The SMILES string of the molecule is COc1ccc(C(O)=C2C(=O)C(=O)N(c3nc4ccc(OC)cc4s3)[C@@H]2c2cccc(Cl)c2)cc1. The van der Waals surface area contributed by atoms with E-state index in [0.29, 0.717) is 38.3 Å². The molecule has 2 heterocycles. The molecule has 3 aromatic carbocycles. The van der Waals surface area contributed by atoms with Crippen molar-refractivity contribution in [3.05, 3.63) is 88.5 Å². The topological polar surface area (TPSA) is 89.0 Å². The fourth-order valence-electron chi connectivity index (χ4n) is 4.05. The number of rotatable bonds is 5. The lowest BCUT2D eigenvalue weighted by molar-refractivity contribution is -0.132. The number of amides is 1. The standard InChI is InChI=1S/C26H19ClN2O5S/c1-33-17-8-6-14(7-9-17)23(30)21-22(15-4-3-5-16(27)12-15)29(25(32)24(21)31)26-28-19-11-10-18(34-2)13-20(19)35-26/h3-13,22,30H,1-2H3/t22-/m1/s1. The van der Waals surface area contributed by atoms with Crippen LogP contribution >= 0.6 is 22.9 Å². The highest BCUT2D eigenvalue weighted by Crippen LogP contribution is 2.45. The minimum absolute atomic E-state index is 0.0423. The van der Waals surface area contributed by atoms with Crippen LogP contribution in [0.25, 0.3) is 16.0 Å². The molecule has 1 atom stereocenters. The van der Waals surface area contributed by atoms with Gasteiger partial charge in [0.2, 0.25) is 0 Å². The van der Waals surface area contributed by atoms with Gasteiger partial charge in [-0.15, -0.1) is 0 Å². The van der Waals surface area contributed by atoms with E-state index >= 15 is 0 Å². The molecule has 0 unspecified atom stereocenters. The fraction of sp³-hybridized carbons (Fsp3) is 0.115. The number of aliphatic hydroxyl groups is 1. The van der Waals surface area contributed by atoms with Crippen LogP contribution in [-0.2, 0) is 9.59 Å². The molecule has 0 radical (unpaired) electrons. The number of benzene rings is 3. The third-order valence-corrected chi connectivity index (χ3v) is 7.02. The number of aliphatic hydroxyl groups excluding tert-OH is 1. The van der Waals surface area contributed by atoms with Crippen molar-refractivity contribution in [3.63, 3.8) is 0 Å². The Morgan fingerprint density at radius 1 is 1.00 bits per heavy atom. The van der Waals surface area contributed by atoms with Gasteiger partial charge < -0.3 is 14.6 Å². The Kier molecular flexibility index (Phi) is 5.92. The predicted molar refractivity (Wildman–Crippen MR) is 135 cm³/mol. The minimum Gasteiger partial charge on any atom is -0.507 e. The number of thiazole rings is 1. The Labute approximate surface area is 209 Å². The molecule has 35 heavy (non-hydrogen) atoms. The van der Waals surface area contributed by atoms with Crippen molar-refractivity contribution in [1.29, 1.82) is 0 Å². The first-order chi connectivity index (χ1) is 16.9. The molecule has 1 fully saturated rings. The summed E-state index contributed by atoms with van der Waals surface area (Å²) in [6, 6.07) is 17.9. The van der Waals surface area contributed by atoms with Crippen molar-refractivity contribution in [3.8, 4) is 11.5 Å².